The Morgan fingerprint density at radius 3 is 2.93 bits per heavy atom. The maximum Gasteiger partial charge on any atom is 0.328 e. The first-order chi connectivity index (χ1) is 13.1. The van der Waals surface area contributed by atoms with Gasteiger partial charge in [-0.25, -0.2) is 14.3 Å². The van der Waals surface area contributed by atoms with Crippen molar-refractivity contribution in [2.24, 2.45) is 5.92 Å². The van der Waals surface area contributed by atoms with Crippen LogP contribution in [0.4, 0.5) is 10.7 Å². The van der Waals surface area contributed by atoms with Crippen molar-refractivity contribution >= 4 is 23.0 Å². The van der Waals surface area contributed by atoms with Crippen LogP contribution in [0.3, 0.4) is 0 Å². The third-order valence-electron chi connectivity index (χ3n) is 5.86. The lowest BCUT2D eigenvalue weighted by atomic mass is 10.00. The highest BCUT2D eigenvalue weighted by Gasteiger charge is 2.32. The standard InChI is InChI=1S/C21H31N5O/c1-16(2)10-11-22-21(27)26-19-9-4-3-8-18(19)23-20(26)25-14-13-24-12-6-5-7-17(24)15-25/h3-4,8-9,16-17H,5-7,10-15H2,1-2H3,(H,22,27). The number of hydrogen-bond acceptors (Lipinski definition) is 4. The summed E-state index contributed by atoms with van der Waals surface area (Å²) in [5, 5.41) is 3.09. The van der Waals surface area contributed by atoms with E-state index in [-0.39, 0.29) is 6.03 Å². The number of rotatable bonds is 4. The van der Waals surface area contributed by atoms with E-state index in [2.05, 4.69) is 29.0 Å². The highest BCUT2D eigenvalue weighted by Crippen LogP contribution is 2.27. The molecule has 3 heterocycles. The number of piperazine rings is 1. The molecule has 2 saturated heterocycles. The summed E-state index contributed by atoms with van der Waals surface area (Å²) in [5.41, 5.74) is 1.78. The van der Waals surface area contributed by atoms with Crippen LogP contribution in [-0.2, 0) is 0 Å². The van der Waals surface area contributed by atoms with Crippen LogP contribution in [0.5, 0.6) is 0 Å². The van der Waals surface area contributed by atoms with Gasteiger partial charge in [-0.05, 0) is 43.9 Å². The van der Waals surface area contributed by atoms with Crippen LogP contribution in [0.15, 0.2) is 24.3 Å². The summed E-state index contributed by atoms with van der Waals surface area (Å²) in [6.07, 6.45) is 4.85. The lowest BCUT2D eigenvalue weighted by molar-refractivity contribution is 0.132. The van der Waals surface area contributed by atoms with Gasteiger partial charge >= 0.3 is 6.03 Å². The summed E-state index contributed by atoms with van der Waals surface area (Å²) in [6, 6.07) is 8.47. The van der Waals surface area contributed by atoms with Crippen molar-refractivity contribution in [3.8, 4) is 0 Å². The quantitative estimate of drug-likeness (QED) is 0.898. The van der Waals surface area contributed by atoms with E-state index in [0.717, 1.165) is 43.0 Å². The normalized spacial score (nSPS) is 20.9. The SMILES string of the molecule is CC(C)CCNC(=O)n1c(N2CCN3CCCCC3C2)nc2ccccc21. The molecule has 4 rings (SSSR count). The summed E-state index contributed by atoms with van der Waals surface area (Å²) < 4.78 is 1.79. The van der Waals surface area contributed by atoms with Crippen LogP contribution < -0.4 is 10.2 Å². The minimum Gasteiger partial charge on any atom is -0.339 e. The van der Waals surface area contributed by atoms with Crippen molar-refractivity contribution in [2.45, 2.75) is 45.6 Å². The number of nitrogens with one attached hydrogen (secondary N) is 1. The fraction of sp³-hybridized carbons (Fsp3) is 0.619. The fourth-order valence-electron chi connectivity index (χ4n) is 4.31. The Labute approximate surface area is 161 Å². The molecule has 2 fully saturated rings. The van der Waals surface area contributed by atoms with Crippen LogP contribution in [0, 0.1) is 5.92 Å². The first-order valence-electron chi connectivity index (χ1n) is 10.4. The molecule has 0 aliphatic carbocycles. The minimum absolute atomic E-state index is 0.0644. The molecule has 0 saturated carbocycles. The van der Waals surface area contributed by atoms with Crippen molar-refractivity contribution in [3.63, 3.8) is 0 Å². The molecule has 1 aromatic heterocycles. The van der Waals surface area contributed by atoms with Crippen LogP contribution >= 0.6 is 0 Å². The number of amides is 1. The van der Waals surface area contributed by atoms with E-state index in [4.69, 9.17) is 4.98 Å². The zero-order valence-corrected chi connectivity index (χ0v) is 16.5. The Balaban J connectivity index is 1.61. The smallest absolute Gasteiger partial charge is 0.328 e. The van der Waals surface area contributed by atoms with Crippen molar-refractivity contribution in [2.75, 3.05) is 37.6 Å². The predicted molar refractivity (Wildman–Crippen MR) is 109 cm³/mol. The minimum atomic E-state index is -0.0644. The first kappa shape index (κ1) is 18.3. The van der Waals surface area contributed by atoms with Gasteiger partial charge in [0, 0.05) is 32.2 Å². The molecule has 1 amide bonds. The Morgan fingerprint density at radius 1 is 1.22 bits per heavy atom. The number of fused-ring (bicyclic) bond motifs is 2. The monoisotopic (exact) mass is 369 g/mol. The van der Waals surface area contributed by atoms with E-state index in [0.29, 0.717) is 18.5 Å². The number of carbonyl (C=O) groups excluding carboxylic acids is 1. The van der Waals surface area contributed by atoms with Gasteiger partial charge in [-0.1, -0.05) is 32.4 Å². The summed E-state index contributed by atoms with van der Waals surface area (Å²) in [5.74, 6) is 1.37. The molecule has 6 heteroatoms. The number of carbonyl (C=O) groups is 1. The van der Waals surface area contributed by atoms with Crippen LogP contribution in [-0.4, -0.2) is 59.2 Å². The average Bonchev–Trinajstić information content (AvgIpc) is 3.07. The van der Waals surface area contributed by atoms with E-state index < -0.39 is 0 Å². The maximum atomic E-state index is 13.0. The van der Waals surface area contributed by atoms with E-state index in [1.807, 2.05) is 24.3 Å². The average molecular weight is 370 g/mol. The van der Waals surface area contributed by atoms with Crippen LogP contribution in [0.25, 0.3) is 11.0 Å². The van der Waals surface area contributed by atoms with Gasteiger partial charge in [0.05, 0.1) is 11.0 Å². The number of piperidine rings is 1. The van der Waals surface area contributed by atoms with Crippen molar-refractivity contribution in [3.05, 3.63) is 24.3 Å². The zero-order chi connectivity index (χ0) is 18.8. The van der Waals surface area contributed by atoms with Gasteiger partial charge in [0.2, 0.25) is 5.95 Å². The number of nitrogens with zero attached hydrogens (tertiary/aromatic N) is 4. The molecule has 1 atom stereocenters. The Kier molecular flexibility index (Phi) is 5.34. The van der Waals surface area contributed by atoms with Gasteiger partial charge in [-0.3, -0.25) is 4.90 Å². The van der Waals surface area contributed by atoms with E-state index in [9.17, 15) is 4.79 Å². The summed E-state index contributed by atoms with van der Waals surface area (Å²) in [7, 11) is 0. The number of anilines is 1. The molecule has 146 valence electrons. The molecule has 0 spiro atoms. The number of imidazole rings is 1. The fourth-order valence-corrected chi connectivity index (χ4v) is 4.31. The zero-order valence-electron chi connectivity index (χ0n) is 16.5. The molecule has 1 unspecified atom stereocenters. The highest BCUT2D eigenvalue weighted by molar-refractivity contribution is 5.93. The van der Waals surface area contributed by atoms with Gasteiger partial charge in [-0.15, -0.1) is 0 Å². The summed E-state index contributed by atoms with van der Waals surface area (Å²) in [6.45, 7) is 9.20. The highest BCUT2D eigenvalue weighted by atomic mass is 16.2. The lowest BCUT2D eigenvalue weighted by Crippen LogP contribution is -2.55. The van der Waals surface area contributed by atoms with E-state index in [1.54, 1.807) is 4.57 Å². The summed E-state index contributed by atoms with van der Waals surface area (Å²) in [4.78, 5) is 22.8. The molecule has 6 nitrogen and oxygen atoms in total. The Morgan fingerprint density at radius 2 is 2.07 bits per heavy atom. The molecule has 0 bridgehead atoms. The van der Waals surface area contributed by atoms with E-state index >= 15 is 0 Å². The van der Waals surface area contributed by atoms with Crippen LogP contribution in [0.2, 0.25) is 0 Å². The third kappa shape index (κ3) is 3.81. The lowest BCUT2D eigenvalue weighted by Gasteiger charge is -2.44. The molecule has 2 aromatic rings. The summed E-state index contributed by atoms with van der Waals surface area (Å²) >= 11 is 0. The number of para-hydroxylation sites is 2. The van der Waals surface area contributed by atoms with Gasteiger partial charge in [-0.2, -0.15) is 0 Å². The topological polar surface area (TPSA) is 53.4 Å². The van der Waals surface area contributed by atoms with Gasteiger partial charge in [0.25, 0.3) is 0 Å². The van der Waals surface area contributed by atoms with Crippen molar-refractivity contribution < 1.29 is 4.79 Å². The molecule has 2 aliphatic heterocycles. The predicted octanol–water partition coefficient (Wildman–Crippen LogP) is 3.31. The Hall–Kier alpha value is -2.08. The molecule has 27 heavy (non-hydrogen) atoms. The van der Waals surface area contributed by atoms with Crippen molar-refractivity contribution in [1.29, 1.82) is 0 Å². The molecular formula is C21H31N5O. The van der Waals surface area contributed by atoms with Gasteiger partial charge in [0.15, 0.2) is 0 Å². The van der Waals surface area contributed by atoms with E-state index in [1.165, 1.54) is 25.8 Å². The number of aromatic nitrogens is 2. The third-order valence-corrected chi connectivity index (χ3v) is 5.86. The van der Waals surface area contributed by atoms with Crippen LogP contribution in [0.1, 0.15) is 39.5 Å². The Bertz CT molecular complexity index is 799. The molecule has 0 radical (unpaired) electrons. The van der Waals surface area contributed by atoms with Gasteiger partial charge < -0.3 is 10.2 Å². The molecular weight excluding hydrogens is 338 g/mol. The first-order valence-corrected chi connectivity index (χ1v) is 10.4. The molecule has 2 aliphatic rings. The number of benzene rings is 1. The largest absolute Gasteiger partial charge is 0.339 e. The number of hydrogen-bond donors (Lipinski definition) is 1. The second-order valence-electron chi connectivity index (χ2n) is 8.28. The molecule has 1 aromatic carbocycles. The molecule has 1 N–H and O–H groups in total. The van der Waals surface area contributed by atoms with Crippen molar-refractivity contribution in [1.82, 2.24) is 19.8 Å². The second-order valence-corrected chi connectivity index (χ2v) is 8.28. The second kappa shape index (κ2) is 7.89. The maximum absolute atomic E-state index is 13.0. The van der Waals surface area contributed by atoms with Gasteiger partial charge in [0.1, 0.15) is 0 Å².